The Morgan fingerprint density at radius 1 is 1.09 bits per heavy atom. The molecule has 2 heterocycles. The Hall–Kier alpha value is -4.46. The third-order valence-electron chi connectivity index (χ3n) is 7.78. The summed E-state index contributed by atoms with van der Waals surface area (Å²) in [5.74, 6) is 0.316. The first-order valence-electron chi connectivity index (χ1n) is 15.5. The van der Waals surface area contributed by atoms with Crippen molar-refractivity contribution in [1.29, 1.82) is 0 Å². The number of para-hydroxylation sites is 1. The lowest BCUT2D eigenvalue weighted by atomic mass is 10.1. The van der Waals surface area contributed by atoms with Gasteiger partial charge in [-0.2, -0.15) is 0 Å². The predicted molar refractivity (Wildman–Crippen MR) is 173 cm³/mol. The van der Waals surface area contributed by atoms with Crippen LogP contribution in [0.1, 0.15) is 36.0 Å². The molecule has 1 aliphatic carbocycles. The molecule has 0 radical (unpaired) electrons. The molecule has 2 aromatic carbocycles. The number of methoxy groups -OCH3 is 1. The zero-order valence-electron chi connectivity index (χ0n) is 26.4. The minimum absolute atomic E-state index is 0.0361. The number of alkyl carbamates (subject to hydrolysis) is 1. The average Bonchev–Trinajstić information content (AvgIpc) is 3.94. The Labute approximate surface area is 278 Å². The fraction of sp³-hybridized carbons (Fsp3) is 0.424. The van der Waals surface area contributed by atoms with E-state index in [1.54, 1.807) is 24.1 Å². The molecule has 2 N–H and O–H groups in total. The predicted octanol–water partition coefficient (Wildman–Crippen LogP) is 3.48. The van der Waals surface area contributed by atoms with Gasteiger partial charge in [0.05, 0.1) is 51.6 Å². The van der Waals surface area contributed by atoms with E-state index in [1.807, 2.05) is 30.3 Å². The number of nitrogens with zero attached hydrogens (tertiary/aromatic N) is 4. The van der Waals surface area contributed by atoms with Crippen LogP contribution in [0.3, 0.4) is 0 Å². The van der Waals surface area contributed by atoms with Gasteiger partial charge in [-0.3, -0.25) is 14.5 Å². The monoisotopic (exact) mass is 666 g/mol. The van der Waals surface area contributed by atoms with Crippen molar-refractivity contribution in [1.82, 2.24) is 25.5 Å². The van der Waals surface area contributed by atoms with E-state index in [2.05, 4.69) is 20.6 Å². The molecular formula is C33H39ClN6O7. The largest absolute Gasteiger partial charge is 0.496 e. The second kappa shape index (κ2) is 16.4. The van der Waals surface area contributed by atoms with E-state index < -0.39 is 12.1 Å². The molecule has 13 nitrogen and oxygen atoms in total. The van der Waals surface area contributed by atoms with Crippen LogP contribution in [0.15, 0.2) is 54.9 Å². The summed E-state index contributed by atoms with van der Waals surface area (Å²) < 4.78 is 21.9. The third kappa shape index (κ3) is 9.09. The number of hydrogen-bond acceptors (Lipinski definition) is 10. The topological polar surface area (TPSA) is 144 Å². The first-order chi connectivity index (χ1) is 22.9. The molecule has 1 aliphatic heterocycles. The van der Waals surface area contributed by atoms with Crippen molar-refractivity contribution in [3.63, 3.8) is 0 Å². The number of rotatable bonds is 15. The number of amides is 3. The summed E-state index contributed by atoms with van der Waals surface area (Å²) in [6, 6.07) is 12.4. The molecule has 5 rings (SSSR count). The maximum atomic E-state index is 14.1. The summed E-state index contributed by atoms with van der Waals surface area (Å²) in [5, 5.41) is 5.97. The van der Waals surface area contributed by atoms with Crippen LogP contribution in [0.25, 0.3) is 0 Å². The molecule has 47 heavy (non-hydrogen) atoms. The van der Waals surface area contributed by atoms with Gasteiger partial charge in [-0.1, -0.05) is 35.9 Å². The lowest BCUT2D eigenvalue weighted by Gasteiger charge is -2.38. The molecule has 1 saturated heterocycles. The fourth-order valence-corrected chi connectivity index (χ4v) is 5.41. The summed E-state index contributed by atoms with van der Waals surface area (Å²) >= 11 is 6.53. The van der Waals surface area contributed by atoms with Crippen molar-refractivity contribution >= 4 is 35.2 Å². The quantitative estimate of drug-likeness (QED) is 0.231. The van der Waals surface area contributed by atoms with E-state index in [1.165, 1.54) is 24.3 Å². The van der Waals surface area contributed by atoms with Crippen LogP contribution < -0.4 is 25.0 Å². The number of nitrogens with one attached hydrogen (secondary N) is 2. The van der Waals surface area contributed by atoms with Gasteiger partial charge in [-0.05, 0) is 42.2 Å². The normalized spacial score (nSPS) is 16.0. The van der Waals surface area contributed by atoms with Gasteiger partial charge < -0.3 is 34.5 Å². The highest BCUT2D eigenvalue weighted by Gasteiger charge is 2.41. The van der Waals surface area contributed by atoms with E-state index in [-0.39, 0.29) is 50.1 Å². The number of anilines is 1. The smallest absolute Gasteiger partial charge is 0.407 e. The van der Waals surface area contributed by atoms with Crippen LogP contribution in [0.4, 0.5) is 10.5 Å². The molecule has 1 aromatic heterocycles. The highest BCUT2D eigenvalue weighted by molar-refractivity contribution is 6.31. The van der Waals surface area contributed by atoms with Gasteiger partial charge in [0.25, 0.3) is 0 Å². The van der Waals surface area contributed by atoms with Crippen LogP contribution in [0, 0.1) is 0 Å². The van der Waals surface area contributed by atoms with Crippen LogP contribution in [0.2, 0.25) is 5.02 Å². The Balaban J connectivity index is 1.18. The van der Waals surface area contributed by atoms with Crippen LogP contribution in [0.5, 0.6) is 11.8 Å². The summed E-state index contributed by atoms with van der Waals surface area (Å²) in [4.78, 5) is 50.6. The highest BCUT2D eigenvalue weighted by atomic mass is 35.5. The van der Waals surface area contributed by atoms with E-state index in [4.69, 9.17) is 30.5 Å². The SMILES string of the molecule is CNC(=O)OCc1ccc(Cl)c(CN(C(=O)[C@H]2CNCC(=O)N2c2cnc(OCCCOCc3ccccc3OC)nc2)C2CC2)c1. The summed E-state index contributed by atoms with van der Waals surface area (Å²) in [6.45, 7) is 1.92. The lowest BCUT2D eigenvalue weighted by Crippen LogP contribution is -2.61. The van der Waals surface area contributed by atoms with Gasteiger partial charge in [0.2, 0.25) is 11.8 Å². The standard InChI is InChI=1S/C33H39ClN6O7/c1-35-33(43)47-20-22-8-11-27(34)24(14-22)19-39(25-9-10-25)31(42)28-17-36-18-30(41)40(28)26-15-37-32(38-16-26)46-13-5-12-45-21-23-6-3-4-7-29(23)44-2/h3-4,6-8,11,14-16,25,28,36H,5,9-10,12-13,17-21H2,1-2H3,(H,35,43)/t28-/m1/s1. The first-order valence-corrected chi connectivity index (χ1v) is 15.8. The Morgan fingerprint density at radius 3 is 2.62 bits per heavy atom. The third-order valence-corrected chi connectivity index (χ3v) is 8.15. The number of halogens is 1. The van der Waals surface area contributed by atoms with Gasteiger partial charge in [0, 0.05) is 43.2 Å². The van der Waals surface area contributed by atoms with Gasteiger partial charge in [0.15, 0.2) is 0 Å². The highest BCUT2D eigenvalue weighted by Crippen LogP contribution is 2.32. The fourth-order valence-electron chi connectivity index (χ4n) is 5.23. The number of piperazine rings is 1. The zero-order valence-corrected chi connectivity index (χ0v) is 27.2. The number of benzene rings is 2. The molecule has 250 valence electrons. The van der Waals surface area contributed by atoms with Crippen LogP contribution in [-0.4, -0.2) is 85.3 Å². The maximum absolute atomic E-state index is 14.1. The van der Waals surface area contributed by atoms with Crippen molar-refractivity contribution in [3.05, 3.63) is 76.6 Å². The molecule has 1 saturated carbocycles. The minimum atomic E-state index is -0.800. The van der Waals surface area contributed by atoms with Crippen molar-refractivity contribution in [3.8, 4) is 11.8 Å². The number of ether oxygens (including phenoxy) is 4. The number of aromatic nitrogens is 2. The lowest BCUT2D eigenvalue weighted by molar-refractivity contribution is -0.136. The van der Waals surface area contributed by atoms with Gasteiger partial charge in [0.1, 0.15) is 18.4 Å². The molecule has 0 unspecified atom stereocenters. The van der Waals surface area contributed by atoms with Crippen LogP contribution >= 0.6 is 11.6 Å². The summed E-state index contributed by atoms with van der Waals surface area (Å²) in [5.41, 5.74) is 2.84. The van der Waals surface area contributed by atoms with Crippen molar-refractivity contribution in [2.75, 3.05) is 45.4 Å². The van der Waals surface area contributed by atoms with Gasteiger partial charge in [-0.15, -0.1) is 0 Å². The van der Waals surface area contributed by atoms with Crippen LogP contribution in [-0.2, 0) is 38.8 Å². The van der Waals surface area contributed by atoms with Crippen molar-refractivity contribution in [2.45, 2.75) is 51.1 Å². The molecule has 0 spiro atoms. The van der Waals surface area contributed by atoms with E-state index >= 15 is 0 Å². The molecule has 2 fully saturated rings. The van der Waals surface area contributed by atoms with E-state index in [0.29, 0.717) is 37.0 Å². The zero-order chi connectivity index (χ0) is 33.2. The summed E-state index contributed by atoms with van der Waals surface area (Å²) in [7, 11) is 3.12. The van der Waals surface area contributed by atoms with Gasteiger partial charge in [-0.25, -0.2) is 14.8 Å². The maximum Gasteiger partial charge on any atom is 0.407 e. The molecule has 14 heteroatoms. The van der Waals surface area contributed by atoms with E-state index in [0.717, 1.165) is 35.3 Å². The molecule has 3 amide bonds. The number of hydrogen-bond donors (Lipinski definition) is 2. The minimum Gasteiger partial charge on any atom is -0.496 e. The van der Waals surface area contributed by atoms with Crippen molar-refractivity contribution < 1.29 is 33.3 Å². The van der Waals surface area contributed by atoms with Gasteiger partial charge >= 0.3 is 12.1 Å². The Bertz CT molecular complexity index is 1540. The molecule has 1 atom stereocenters. The number of carbonyl (C=O) groups is 3. The Morgan fingerprint density at radius 2 is 1.87 bits per heavy atom. The van der Waals surface area contributed by atoms with Crippen molar-refractivity contribution in [2.24, 2.45) is 0 Å². The molecular weight excluding hydrogens is 628 g/mol. The average molecular weight is 667 g/mol. The van der Waals surface area contributed by atoms with E-state index in [9.17, 15) is 14.4 Å². The second-order valence-electron chi connectivity index (χ2n) is 11.1. The molecule has 0 bridgehead atoms. The Kier molecular flexibility index (Phi) is 11.8. The molecule has 3 aromatic rings. The first kappa shape index (κ1) is 33.9. The summed E-state index contributed by atoms with van der Waals surface area (Å²) in [6.07, 6.45) is 4.80. The number of carbonyl (C=O) groups excluding carboxylic acids is 3. The molecule has 2 aliphatic rings. The second-order valence-corrected chi connectivity index (χ2v) is 11.6.